The van der Waals surface area contributed by atoms with Crippen molar-refractivity contribution in [3.63, 3.8) is 0 Å². The van der Waals surface area contributed by atoms with Gasteiger partial charge in [-0.1, -0.05) is 0 Å². The third-order valence-corrected chi connectivity index (χ3v) is 1.97. The van der Waals surface area contributed by atoms with Gasteiger partial charge in [0.15, 0.2) is 0 Å². The second kappa shape index (κ2) is 2.67. The van der Waals surface area contributed by atoms with Crippen LogP contribution in [0.1, 0.15) is 6.42 Å². The molecule has 0 heterocycles. The molecule has 1 rings (SSSR count). The molecule has 0 amide bonds. The molecule has 2 atom stereocenters. The van der Waals surface area contributed by atoms with Gasteiger partial charge in [-0.25, -0.2) is 0 Å². The van der Waals surface area contributed by atoms with Crippen molar-refractivity contribution in [1.82, 2.24) is 4.90 Å². The van der Waals surface area contributed by atoms with Gasteiger partial charge in [0, 0.05) is 6.54 Å². The van der Waals surface area contributed by atoms with E-state index in [9.17, 15) is 0 Å². The van der Waals surface area contributed by atoms with Crippen LogP contribution < -0.4 is 5.73 Å². The second-order valence-electron chi connectivity index (χ2n) is 3.25. The Morgan fingerprint density at radius 3 is 2.44 bits per heavy atom. The molecule has 1 aliphatic carbocycles. The summed E-state index contributed by atoms with van der Waals surface area (Å²) in [6.45, 7) is 2.11. The quantitative estimate of drug-likeness (QED) is 0.586. The van der Waals surface area contributed by atoms with E-state index in [1.165, 1.54) is 13.0 Å². The summed E-state index contributed by atoms with van der Waals surface area (Å²) in [5.41, 5.74) is 5.48. The van der Waals surface area contributed by atoms with Crippen molar-refractivity contribution < 1.29 is 0 Å². The Bertz CT molecular complexity index is 90.9. The molecular formula is C7H16N2. The molecule has 2 nitrogen and oxygen atoms in total. The SMILES string of the molecule is CN(C)CC1CC1CN. The van der Waals surface area contributed by atoms with Gasteiger partial charge in [-0.3, -0.25) is 0 Å². The topological polar surface area (TPSA) is 29.3 Å². The summed E-state index contributed by atoms with van der Waals surface area (Å²) in [5.74, 6) is 1.75. The zero-order valence-corrected chi connectivity index (χ0v) is 6.30. The molecule has 0 spiro atoms. The van der Waals surface area contributed by atoms with E-state index in [0.29, 0.717) is 0 Å². The van der Waals surface area contributed by atoms with E-state index in [-0.39, 0.29) is 0 Å². The Morgan fingerprint density at radius 2 is 2.11 bits per heavy atom. The smallest absolute Gasteiger partial charge is 0.000680 e. The van der Waals surface area contributed by atoms with Crippen LogP contribution in [-0.2, 0) is 0 Å². The highest BCUT2D eigenvalue weighted by Crippen LogP contribution is 2.37. The molecule has 2 unspecified atom stereocenters. The van der Waals surface area contributed by atoms with Crippen molar-refractivity contribution in [2.75, 3.05) is 27.2 Å². The minimum Gasteiger partial charge on any atom is -0.330 e. The Balaban J connectivity index is 2.05. The van der Waals surface area contributed by atoms with E-state index in [4.69, 9.17) is 5.73 Å². The summed E-state index contributed by atoms with van der Waals surface area (Å²) in [4.78, 5) is 2.24. The third-order valence-electron chi connectivity index (χ3n) is 1.97. The highest BCUT2D eigenvalue weighted by Gasteiger charge is 2.35. The predicted octanol–water partition coefficient (Wildman–Crippen LogP) is 0.143. The normalized spacial score (nSPS) is 33.3. The Hall–Kier alpha value is -0.0800. The number of hydrogen-bond donors (Lipinski definition) is 1. The number of hydrogen-bond acceptors (Lipinski definition) is 2. The van der Waals surface area contributed by atoms with E-state index in [1.807, 2.05) is 0 Å². The third kappa shape index (κ3) is 1.95. The minimum atomic E-state index is 0.840. The Morgan fingerprint density at radius 1 is 1.44 bits per heavy atom. The van der Waals surface area contributed by atoms with Crippen molar-refractivity contribution in [3.05, 3.63) is 0 Å². The summed E-state index contributed by atoms with van der Waals surface area (Å²) < 4.78 is 0. The highest BCUT2D eigenvalue weighted by atomic mass is 15.1. The molecule has 9 heavy (non-hydrogen) atoms. The maximum Gasteiger partial charge on any atom is 0.000680 e. The molecule has 2 heteroatoms. The van der Waals surface area contributed by atoms with Crippen LogP contribution >= 0.6 is 0 Å². The van der Waals surface area contributed by atoms with E-state index in [1.54, 1.807) is 0 Å². The van der Waals surface area contributed by atoms with Crippen molar-refractivity contribution in [2.24, 2.45) is 17.6 Å². The van der Waals surface area contributed by atoms with Gasteiger partial charge >= 0.3 is 0 Å². The van der Waals surface area contributed by atoms with Gasteiger partial charge in [0.1, 0.15) is 0 Å². The number of nitrogens with two attached hydrogens (primary N) is 1. The lowest BCUT2D eigenvalue weighted by atomic mass is 10.3. The van der Waals surface area contributed by atoms with Gasteiger partial charge in [0.05, 0.1) is 0 Å². The van der Waals surface area contributed by atoms with Gasteiger partial charge in [0.2, 0.25) is 0 Å². The molecule has 0 bridgehead atoms. The molecule has 0 aliphatic heterocycles. The molecule has 0 aromatic carbocycles. The van der Waals surface area contributed by atoms with E-state index in [2.05, 4.69) is 19.0 Å². The summed E-state index contributed by atoms with van der Waals surface area (Å²) in [6, 6.07) is 0. The maximum absolute atomic E-state index is 5.48. The lowest BCUT2D eigenvalue weighted by molar-refractivity contribution is 0.379. The van der Waals surface area contributed by atoms with Crippen molar-refractivity contribution >= 4 is 0 Å². The summed E-state index contributed by atoms with van der Waals surface area (Å²) in [7, 11) is 4.23. The molecule has 2 N–H and O–H groups in total. The molecule has 0 aromatic rings. The predicted molar refractivity (Wildman–Crippen MR) is 39.2 cm³/mol. The number of nitrogens with zero attached hydrogens (tertiary/aromatic N) is 1. The first kappa shape index (κ1) is 7.03. The molecule has 54 valence electrons. The van der Waals surface area contributed by atoms with E-state index >= 15 is 0 Å². The molecular weight excluding hydrogens is 112 g/mol. The molecule has 1 fully saturated rings. The first-order chi connectivity index (χ1) is 4.24. The van der Waals surface area contributed by atoms with Crippen LogP contribution in [0.3, 0.4) is 0 Å². The monoisotopic (exact) mass is 128 g/mol. The van der Waals surface area contributed by atoms with Gasteiger partial charge < -0.3 is 10.6 Å². The van der Waals surface area contributed by atoms with Crippen LogP contribution in [0.15, 0.2) is 0 Å². The van der Waals surface area contributed by atoms with Gasteiger partial charge in [-0.2, -0.15) is 0 Å². The molecule has 0 radical (unpaired) electrons. The molecule has 0 aromatic heterocycles. The fraction of sp³-hybridized carbons (Fsp3) is 1.00. The van der Waals surface area contributed by atoms with Crippen molar-refractivity contribution in [3.8, 4) is 0 Å². The van der Waals surface area contributed by atoms with Gasteiger partial charge in [-0.05, 0) is 38.9 Å². The molecule has 1 saturated carbocycles. The van der Waals surface area contributed by atoms with Crippen LogP contribution in [0.4, 0.5) is 0 Å². The lowest BCUT2D eigenvalue weighted by Crippen LogP contribution is -2.16. The summed E-state index contributed by atoms with van der Waals surface area (Å²) in [6.07, 6.45) is 1.36. The standard InChI is InChI=1S/C7H16N2/c1-9(2)5-7-3-6(7)4-8/h6-7H,3-5,8H2,1-2H3. The van der Waals surface area contributed by atoms with Crippen molar-refractivity contribution in [1.29, 1.82) is 0 Å². The highest BCUT2D eigenvalue weighted by molar-refractivity contribution is 4.87. The lowest BCUT2D eigenvalue weighted by Gasteiger charge is -2.07. The minimum absolute atomic E-state index is 0.840. The first-order valence-electron chi connectivity index (χ1n) is 3.59. The largest absolute Gasteiger partial charge is 0.330 e. The van der Waals surface area contributed by atoms with Crippen LogP contribution in [0, 0.1) is 11.8 Å². The molecule has 1 aliphatic rings. The molecule has 0 saturated heterocycles. The second-order valence-corrected chi connectivity index (χ2v) is 3.25. The van der Waals surface area contributed by atoms with Gasteiger partial charge in [0.25, 0.3) is 0 Å². The maximum atomic E-state index is 5.48. The van der Waals surface area contributed by atoms with Crippen LogP contribution in [0.25, 0.3) is 0 Å². The van der Waals surface area contributed by atoms with Crippen LogP contribution in [0.2, 0.25) is 0 Å². The zero-order valence-electron chi connectivity index (χ0n) is 6.30. The van der Waals surface area contributed by atoms with E-state index in [0.717, 1.165) is 18.4 Å². The fourth-order valence-electron chi connectivity index (χ4n) is 1.29. The van der Waals surface area contributed by atoms with Crippen molar-refractivity contribution in [2.45, 2.75) is 6.42 Å². The van der Waals surface area contributed by atoms with Gasteiger partial charge in [-0.15, -0.1) is 0 Å². The summed E-state index contributed by atoms with van der Waals surface area (Å²) in [5, 5.41) is 0. The fourth-order valence-corrected chi connectivity index (χ4v) is 1.29. The average molecular weight is 128 g/mol. The average Bonchev–Trinajstić information content (AvgIpc) is 2.45. The van der Waals surface area contributed by atoms with Crippen LogP contribution in [-0.4, -0.2) is 32.1 Å². The van der Waals surface area contributed by atoms with E-state index < -0.39 is 0 Å². The summed E-state index contributed by atoms with van der Waals surface area (Å²) >= 11 is 0. The Kier molecular flexibility index (Phi) is 2.09. The number of rotatable bonds is 3. The zero-order chi connectivity index (χ0) is 6.85. The van der Waals surface area contributed by atoms with Crippen LogP contribution in [0.5, 0.6) is 0 Å². The first-order valence-corrected chi connectivity index (χ1v) is 3.59. The Labute approximate surface area is 57.0 Å².